The van der Waals surface area contributed by atoms with E-state index in [2.05, 4.69) is 0 Å². The highest BCUT2D eigenvalue weighted by molar-refractivity contribution is 4.91. The van der Waals surface area contributed by atoms with Gasteiger partial charge >= 0.3 is 6.18 Å². The first-order valence-electron chi connectivity index (χ1n) is 1.94. The first-order chi connectivity index (χ1) is 3.48. The van der Waals surface area contributed by atoms with Crippen LogP contribution in [0.2, 0.25) is 0 Å². The Balaban J connectivity index is 3.62. The van der Waals surface area contributed by atoms with E-state index in [-0.39, 0.29) is 0 Å². The summed E-state index contributed by atoms with van der Waals surface area (Å²) in [7, 11) is 0. The molecule has 8 heavy (non-hydrogen) atoms. The quantitative estimate of drug-likeness (QED) is 0.475. The molecule has 0 N–H and O–H groups in total. The minimum absolute atomic E-state index is 0.722. The predicted molar refractivity (Wildman–Crippen MR) is 20.9 cm³/mol. The highest BCUT2D eigenvalue weighted by Gasteiger charge is 2.36. The van der Waals surface area contributed by atoms with E-state index in [1.807, 2.05) is 0 Å². The van der Waals surface area contributed by atoms with Crippen LogP contribution in [0.1, 0.15) is 6.92 Å². The molecular formula is C4H5F4. The van der Waals surface area contributed by atoms with E-state index >= 15 is 0 Å². The zero-order chi connectivity index (χ0) is 6.78. The number of alkyl halides is 4. The van der Waals surface area contributed by atoms with Gasteiger partial charge in [0.05, 0.1) is 0 Å². The van der Waals surface area contributed by atoms with Crippen molar-refractivity contribution in [3.8, 4) is 0 Å². The van der Waals surface area contributed by atoms with Crippen molar-refractivity contribution in [1.29, 1.82) is 0 Å². The molecule has 0 aliphatic carbocycles. The SMILES string of the molecule is C[C](CF)C(F)(F)F. The fourth-order valence-electron chi connectivity index (χ4n) is 0.0758. The van der Waals surface area contributed by atoms with E-state index in [0.717, 1.165) is 6.92 Å². The molecule has 0 spiro atoms. The van der Waals surface area contributed by atoms with Gasteiger partial charge in [-0.1, -0.05) is 0 Å². The van der Waals surface area contributed by atoms with Crippen molar-refractivity contribution >= 4 is 0 Å². The van der Waals surface area contributed by atoms with Crippen LogP contribution in [0.3, 0.4) is 0 Å². The van der Waals surface area contributed by atoms with Crippen LogP contribution < -0.4 is 0 Å². The van der Waals surface area contributed by atoms with Crippen LogP contribution >= 0.6 is 0 Å². The van der Waals surface area contributed by atoms with Gasteiger partial charge in [0.1, 0.15) is 12.6 Å². The zero-order valence-electron chi connectivity index (χ0n) is 4.22. The molecule has 0 amide bonds. The third kappa shape index (κ3) is 2.14. The van der Waals surface area contributed by atoms with Gasteiger partial charge in [-0.05, 0) is 6.92 Å². The standard InChI is InChI=1S/C4H5F4/c1-3(2-5)4(6,7)8/h2H2,1H3. The molecule has 0 rings (SSSR count). The molecule has 4 heteroatoms. The van der Waals surface area contributed by atoms with Crippen molar-refractivity contribution in [3.63, 3.8) is 0 Å². The molecule has 0 aromatic heterocycles. The van der Waals surface area contributed by atoms with Crippen molar-refractivity contribution in [2.45, 2.75) is 13.1 Å². The molecule has 0 nitrogen and oxygen atoms in total. The summed E-state index contributed by atoms with van der Waals surface area (Å²) in [5.41, 5.74) is 0. The second-order valence-corrected chi connectivity index (χ2v) is 1.41. The summed E-state index contributed by atoms with van der Waals surface area (Å²) in [4.78, 5) is 0. The van der Waals surface area contributed by atoms with Crippen molar-refractivity contribution in [2.24, 2.45) is 0 Å². The first kappa shape index (κ1) is 7.72. The summed E-state index contributed by atoms with van der Waals surface area (Å²) in [5, 5.41) is 0. The lowest BCUT2D eigenvalue weighted by Gasteiger charge is -2.08. The number of halogens is 4. The monoisotopic (exact) mass is 129 g/mol. The fraction of sp³-hybridized carbons (Fsp3) is 0.750. The number of rotatable bonds is 1. The van der Waals surface area contributed by atoms with Crippen LogP contribution in [-0.2, 0) is 0 Å². The van der Waals surface area contributed by atoms with Crippen LogP contribution in [0, 0.1) is 5.92 Å². The van der Waals surface area contributed by atoms with Gasteiger partial charge in [-0.15, -0.1) is 0 Å². The molecule has 0 atom stereocenters. The average Bonchev–Trinajstić information content (AvgIpc) is 1.62. The maximum absolute atomic E-state index is 11.2. The largest absolute Gasteiger partial charge is 0.397 e. The lowest BCUT2D eigenvalue weighted by atomic mass is 10.2. The molecule has 0 saturated heterocycles. The smallest absolute Gasteiger partial charge is 0.250 e. The van der Waals surface area contributed by atoms with Gasteiger partial charge in [-0.3, -0.25) is 4.39 Å². The zero-order valence-corrected chi connectivity index (χ0v) is 4.22. The summed E-state index contributed by atoms with van der Waals surface area (Å²) in [5.74, 6) is -1.09. The number of hydrogen-bond donors (Lipinski definition) is 0. The van der Waals surface area contributed by atoms with Crippen LogP contribution in [0.5, 0.6) is 0 Å². The van der Waals surface area contributed by atoms with Gasteiger partial charge < -0.3 is 0 Å². The molecule has 0 aromatic carbocycles. The summed E-state index contributed by atoms with van der Waals surface area (Å²) in [6, 6.07) is 0. The van der Waals surface area contributed by atoms with Crippen LogP contribution in [0.4, 0.5) is 17.6 Å². The van der Waals surface area contributed by atoms with Gasteiger partial charge in [-0.2, -0.15) is 13.2 Å². The van der Waals surface area contributed by atoms with Gasteiger partial charge in [0.2, 0.25) is 0 Å². The molecule has 0 aromatic rings. The second kappa shape index (κ2) is 2.33. The van der Waals surface area contributed by atoms with E-state index < -0.39 is 18.8 Å². The minimum Gasteiger partial charge on any atom is -0.250 e. The van der Waals surface area contributed by atoms with E-state index in [1.165, 1.54) is 0 Å². The lowest BCUT2D eigenvalue weighted by Crippen LogP contribution is -2.18. The van der Waals surface area contributed by atoms with Crippen LogP contribution in [0.15, 0.2) is 0 Å². The average molecular weight is 129 g/mol. The highest BCUT2D eigenvalue weighted by atomic mass is 19.4. The first-order valence-corrected chi connectivity index (χ1v) is 1.94. The summed E-state index contributed by atoms with van der Waals surface area (Å²) < 4.78 is 44.6. The van der Waals surface area contributed by atoms with Crippen LogP contribution in [0.25, 0.3) is 0 Å². The predicted octanol–water partition coefficient (Wildman–Crippen LogP) is 2.11. The van der Waals surface area contributed by atoms with Gasteiger partial charge in [0, 0.05) is 0 Å². The molecule has 0 aliphatic rings. The van der Waals surface area contributed by atoms with Crippen molar-refractivity contribution in [3.05, 3.63) is 5.92 Å². The number of hydrogen-bond acceptors (Lipinski definition) is 0. The van der Waals surface area contributed by atoms with Gasteiger partial charge in [0.25, 0.3) is 0 Å². The molecule has 0 fully saturated rings. The van der Waals surface area contributed by atoms with Gasteiger partial charge in [-0.25, -0.2) is 0 Å². The Hall–Kier alpha value is -0.280. The maximum Gasteiger partial charge on any atom is 0.397 e. The van der Waals surface area contributed by atoms with E-state index in [0.29, 0.717) is 0 Å². The summed E-state index contributed by atoms with van der Waals surface area (Å²) in [6.45, 7) is -0.691. The Morgan fingerprint density at radius 3 is 1.75 bits per heavy atom. The highest BCUT2D eigenvalue weighted by Crippen LogP contribution is 2.27. The lowest BCUT2D eigenvalue weighted by molar-refractivity contribution is -0.116. The fourth-order valence-corrected chi connectivity index (χ4v) is 0.0758. The normalized spacial score (nSPS) is 12.8. The second-order valence-electron chi connectivity index (χ2n) is 1.41. The Morgan fingerprint density at radius 2 is 1.75 bits per heavy atom. The van der Waals surface area contributed by atoms with E-state index in [9.17, 15) is 17.6 Å². The van der Waals surface area contributed by atoms with E-state index in [1.54, 1.807) is 0 Å². The molecule has 0 unspecified atom stereocenters. The Bertz CT molecular complexity index is 64.9. The van der Waals surface area contributed by atoms with Crippen LogP contribution in [-0.4, -0.2) is 12.9 Å². The van der Waals surface area contributed by atoms with Crippen molar-refractivity contribution in [2.75, 3.05) is 6.67 Å². The molecule has 0 saturated carbocycles. The molecule has 0 bridgehead atoms. The third-order valence-corrected chi connectivity index (χ3v) is 0.684. The molecular weight excluding hydrogens is 124 g/mol. The molecule has 49 valence electrons. The maximum atomic E-state index is 11.2. The topological polar surface area (TPSA) is 0 Å². The van der Waals surface area contributed by atoms with Crippen molar-refractivity contribution in [1.82, 2.24) is 0 Å². The summed E-state index contributed by atoms with van der Waals surface area (Å²) >= 11 is 0. The molecule has 1 radical (unpaired) electrons. The van der Waals surface area contributed by atoms with Crippen molar-refractivity contribution < 1.29 is 17.6 Å². The summed E-state index contributed by atoms with van der Waals surface area (Å²) in [6.07, 6.45) is -4.45. The Kier molecular flexibility index (Phi) is 2.25. The molecule has 0 heterocycles. The van der Waals surface area contributed by atoms with Gasteiger partial charge in [0.15, 0.2) is 0 Å². The Labute approximate surface area is 44.5 Å². The molecule has 0 aliphatic heterocycles. The minimum atomic E-state index is -4.45. The third-order valence-electron chi connectivity index (χ3n) is 0.684. The Morgan fingerprint density at radius 1 is 1.38 bits per heavy atom. The van der Waals surface area contributed by atoms with E-state index in [4.69, 9.17) is 0 Å².